The highest BCUT2D eigenvalue weighted by Gasteiger charge is 2.18. The maximum absolute atomic E-state index is 11.1. The van der Waals surface area contributed by atoms with E-state index in [1.54, 1.807) is 0 Å². The first kappa shape index (κ1) is 13.8. The number of carboxylic acid groups (broad SMARTS) is 1. The summed E-state index contributed by atoms with van der Waals surface area (Å²) in [5.74, 6) is -0.979. The fourth-order valence-corrected chi connectivity index (χ4v) is 3.25. The fourth-order valence-electron chi connectivity index (χ4n) is 2.22. The normalized spacial score (nSPS) is 11.1. The van der Waals surface area contributed by atoms with Gasteiger partial charge in [-0.3, -0.25) is 0 Å². The molecule has 102 valence electrons. The van der Waals surface area contributed by atoms with Crippen molar-refractivity contribution in [1.29, 1.82) is 0 Å². The topological polar surface area (TPSA) is 76.2 Å². The van der Waals surface area contributed by atoms with Crippen molar-refractivity contribution in [2.24, 2.45) is 0 Å². The van der Waals surface area contributed by atoms with Crippen LogP contribution in [0.3, 0.4) is 0 Å². The highest BCUT2D eigenvalue weighted by Crippen LogP contribution is 2.35. The van der Waals surface area contributed by atoms with E-state index in [0.29, 0.717) is 5.69 Å². The number of hydrogen-bond donors (Lipinski definition) is 2. The van der Waals surface area contributed by atoms with E-state index in [1.807, 2.05) is 13.0 Å². The van der Waals surface area contributed by atoms with Gasteiger partial charge in [-0.25, -0.2) is 9.78 Å². The minimum Gasteiger partial charge on any atom is -0.477 e. The molecule has 0 atom stereocenters. The van der Waals surface area contributed by atoms with E-state index < -0.39 is 5.97 Å². The van der Waals surface area contributed by atoms with E-state index in [4.69, 9.17) is 10.8 Å². The van der Waals surface area contributed by atoms with Crippen molar-refractivity contribution in [1.82, 2.24) is 4.98 Å². The Kier molecular flexibility index (Phi) is 4.04. The molecule has 0 aliphatic carbocycles. The molecule has 19 heavy (non-hydrogen) atoms. The highest BCUT2D eigenvalue weighted by atomic mass is 32.1. The van der Waals surface area contributed by atoms with Crippen LogP contribution in [0, 0.1) is 6.92 Å². The first-order valence-corrected chi connectivity index (χ1v) is 7.28. The van der Waals surface area contributed by atoms with Crippen LogP contribution in [0.25, 0.3) is 10.2 Å². The van der Waals surface area contributed by atoms with E-state index >= 15 is 0 Å². The third-order valence-corrected chi connectivity index (χ3v) is 4.27. The Bertz CT molecular complexity index is 619. The number of rotatable bonds is 5. The Balaban J connectivity index is 2.43. The van der Waals surface area contributed by atoms with Crippen LogP contribution in [-0.2, 0) is 6.42 Å². The van der Waals surface area contributed by atoms with Crippen molar-refractivity contribution in [3.05, 3.63) is 22.2 Å². The van der Waals surface area contributed by atoms with Gasteiger partial charge >= 0.3 is 5.97 Å². The lowest BCUT2D eigenvalue weighted by atomic mass is 10.1. The number of aromatic carboxylic acids is 1. The van der Waals surface area contributed by atoms with Crippen LogP contribution in [-0.4, -0.2) is 16.1 Å². The smallest absolute Gasteiger partial charge is 0.348 e. The number of carbonyl (C=O) groups is 1. The molecular formula is C14H18N2O2S. The molecule has 4 nitrogen and oxygen atoms in total. The van der Waals surface area contributed by atoms with Gasteiger partial charge in [-0.15, -0.1) is 11.3 Å². The Morgan fingerprint density at radius 1 is 1.47 bits per heavy atom. The van der Waals surface area contributed by atoms with Crippen molar-refractivity contribution < 1.29 is 9.90 Å². The molecule has 0 fully saturated rings. The van der Waals surface area contributed by atoms with Crippen LogP contribution < -0.4 is 5.73 Å². The summed E-state index contributed by atoms with van der Waals surface area (Å²) in [7, 11) is 0. The molecule has 2 heterocycles. The number of aryl methyl sites for hydroxylation is 2. The van der Waals surface area contributed by atoms with E-state index in [9.17, 15) is 4.79 Å². The summed E-state index contributed by atoms with van der Waals surface area (Å²) in [4.78, 5) is 16.6. The zero-order valence-electron chi connectivity index (χ0n) is 11.2. The lowest BCUT2D eigenvalue weighted by Crippen LogP contribution is -1.98. The van der Waals surface area contributed by atoms with E-state index in [1.165, 1.54) is 12.8 Å². The summed E-state index contributed by atoms with van der Waals surface area (Å²) in [6.45, 7) is 4.13. The first-order chi connectivity index (χ1) is 9.04. The molecule has 2 aromatic rings. The SMILES string of the molecule is CCCCCc1cc(C)c2c(N)c(C(=O)O)sc2n1. The van der Waals surface area contributed by atoms with E-state index in [0.717, 1.165) is 45.7 Å². The van der Waals surface area contributed by atoms with Gasteiger partial charge in [-0.2, -0.15) is 0 Å². The van der Waals surface area contributed by atoms with Crippen molar-refractivity contribution in [2.45, 2.75) is 39.5 Å². The van der Waals surface area contributed by atoms with Gasteiger partial charge in [0.25, 0.3) is 0 Å². The minimum absolute atomic E-state index is 0.191. The van der Waals surface area contributed by atoms with Crippen LogP contribution in [0.4, 0.5) is 5.69 Å². The summed E-state index contributed by atoms with van der Waals surface area (Å²) in [6.07, 6.45) is 4.41. The lowest BCUT2D eigenvalue weighted by molar-refractivity contribution is 0.0703. The number of nitrogens with zero attached hydrogens (tertiary/aromatic N) is 1. The van der Waals surface area contributed by atoms with Gasteiger partial charge in [0, 0.05) is 11.1 Å². The van der Waals surface area contributed by atoms with Gasteiger partial charge < -0.3 is 10.8 Å². The van der Waals surface area contributed by atoms with Crippen LogP contribution >= 0.6 is 11.3 Å². The second-order valence-electron chi connectivity index (χ2n) is 4.72. The molecule has 0 unspecified atom stereocenters. The van der Waals surface area contributed by atoms with Crippen LogP contribution in [0.15, 0.2) is 6.07 Å². The van der Waals surface area contributed by atoms with Crippen molar-refractivity contribution in [3.8, 4) is 0 Å². The number of hydrogen-bond acceptors (Lipinski definition) is 4. The molecule has 0 amide bonds. The molecule has 0 saturated carbocycles. The second-order valence-corrected chi connectivity index (χ2v) is 5.72. The maximum atomic E-state index is 11.1. The first-order valence-electron chi connectivity index (χ1n) is 6.46. The summed E-state index contributed by atoms with van der Waals surface area (Å²) in [6, 6.07) is 2.02. The molecule has 2 aromatic heterocycles. The van der Waals surface area contributed by atoms with E-state index in [2.05, 4.69) is 11.9 Å². The second kappa shape index (κ2) is 5.57. The number of pyridine rings is 1. The summed E-state index contributed by atoms with van der Waals surface area (Å²) in [5, 5.41) is 9.90. The summed E-state index contributed by atoms with van der Waals surface area (Å²) in [5.41, 5.74) is 8.28. The number of nitrogen functional groups attached to an aromatic ring is 1. The third kappa shape index (κ3) is 2.71. The number of fused-ring (bicyclic) bond motifs is 1. The van der Waals surface area contributed by atoms with Crippen LogP contribution in [0.5, 0.6) is 0 Å². The van der Waals surface area contributed by atoms with Gasteiger partial charge in [0.15, 0.2) is 0 Å². The van der Waals surface area contributed by atoms with Gasteiger partial charge in [-0.1, -0.05) is 19.8 Å². The molecule has 0 aliphatic heterocycles. The van der Waals surface area contributed by atoms with Crippen LogP contribution in [0.2, 0.25) is 0 Å². The summed E-state index contributed by atoms with van der Waals surface area (Å²) >= 11 is 1.16. The summed E-state index contributed by atoms with van der Waals surface area (Å²) < 4.78 is 0. The standard InChI is InChI=1S/C14H18N2O2S/c1-3-4-5-6-9-7-8(2)10-11(15)12(14(17)18)19-13(10)16-9/h7H,3-6,15H2,1-2H3,(H,17,18). The number of thiophene rings is 1. The average molecular weight is 278 g/mol. The lowest BCUT2D eigenvalue weighted by Gasteiger charge is -2.03. The predicted molar refractivity (Wildman–Crippen MR) is 79.0 cm³/mol. The number of unbranched alkanes of at least 4 members (excludes halogenated alkanes) is 2. The quantitative estimate of drug-likeness (QED) is 0.819. The molecule has 5 heteroatoms. The number of aromatic nitrogens is 1. The Labute approximate surface area is 116 Å². The minimum atomic E-state index is -0.979. The Hall–Kier alpha value is -1.62. The van der Waals surface area contributed by atoms with Gasteiger partial charge in [0.1, 0.15) is 9.71 Å². The molecule has 0 spiro atoms. The van der Waals surface area contributed by atoms with Crippen LogP contribution in [0.1, 0.15) is 47.1 Å². The molecular weight excluding hydrogens is 260 g/mol. The molecule has 0 bridgehead atoms. The van der Waals surface area contributed by atoms with Gasteiger partial charge in [0.05, 0.1) is 5.69 Å². The molecule has 0 aliphatic rings. The van der Waals surface area contributed by atoms with Crippen molar-refractivity contribution >= 4 is 33.2 Å². The van der Waals surface area contributed by atoms with Crippen molar-refractivity contribution in [3.63, 3.8) is 0 Å². The predicted octanol–water partition coefficient (Wildman–Crippen LogP) is 3.62. The zero-order chi connectivity index (χ0) is 14.0. The molecule has 2 rings (SSSR count). The van der Waals surface area contributed by atoms with Gasteiger partial charge in [-0.05, 0) is 31.4 Å². The Morgan fingerprint density at radius 3 is 2.84 bits per heavy atom. The monoisotopic (exact) mass is 278 g/mol. The maximum Gasteiger partial charge on any atom is 0.348 e. The largest absolute Gasteiger partial charge is 0.477 e. The number of anilines is 1. The zero-order valence-corrected chi connectivity index (χ0v) is 12.0. The number of carboxylic acids is 1. The molecule has 0 aromatic carbocycles. The molecule has 0 radical (unpaired) electrons. The fraction of sp³-hybridized carbons (Fsp3) is 0.429. The van der Waals surface area contributed by atoms with Gasteiger partial charge in [0.2, 0.25) is 0 Å². The molecule has 0 saturated heterocycles. The van der Waals surface area contributed by atoms with Crippen molar-refractivity contribution in [2.75, 3.05) is 5.73 Å². The Morgan fingerprint density at radius 2 is 2.21 bits per heavy atom. The number of nitrogens with two attached hydrogens (primary N) is 1. The third-order valence-electron chi connectivity index (χ3n) is 3.18. The van der Waals surface area contributed by atoms with E-state index in [-0.39, 0.29) is 4.88 Å². The average Bonchev–Trinajstić information content (AvgIpc) is 2.67. The molecule has 3 N–H and O–H groups in total. The highest BCUT2D eigenvalue weighted by molar-refractivity contribution is 7.21.